The van der Waals surface area contributed by atoms with Gasteiger partial charge in [-0.25, -0.2) is 4.79 Å². The first kappa shape index (κ1) is 14.7. The Bertz CT molecular complexity index is 658. The van der Waals surface area contributed by atoms with Gasteiger partial charge < -0.3 is 10.1 Å². The number of nitrogens with zero attached hydrogens (tertiary/aromatic N) is 1. The molecular weight excluding hydrogens is 300 g/mol. The summed E-state index contributed by atoms with van der Waals surface area (Å²) in [6, 6.07) is 5.35. The van der Waals surface area contributed by atoms with Gasteiger partial charge in [-0.1, -0.05) is 0 Å². The maximum atomic E-state index is 12.0. The van der Waals surface area contributed by atoms with Gasteiger partial charge >= 0.3 is 5.97 Å². The van der Waals surface area contributed by atoms with Crippen molar-refractivity contribution in [2.75, 3.05) is 11.9 Å². The summed E-state index contributed by atoms with van der Waals surface area (Å²) in [4.78, 5) is 29.5. The van der Waals surface area contributed by atoms with Crippen molar-refractivity contribution in [3.8, 4) is 0 Å². The van der Waals surface area contributed by atoms with Gasteiger partial charge in [-0.3, -0.25) is 9.78 Å². The minimum absolute atomic E-state index is 0.295. The lowest BCUT2D eigenvalue weighted by Gasteiger charge is -2.08. The van der Waals surface area contributed by atoms with Crippen molar-refractivity contribution in [1.29, 1.82) is 0 Å². The lowest BCUT2D eigenvalue weighted by atomic mass is 9.99. The molecule has 3 rings (SSSR count). The second-order valence-electron chi connectivity index (χ2n) is 5.13. The van der Waals surface area contributed by atoms with Crippen LogP contribution >= 0.6 is 11.3 Å². The van der Waals surface area contributed by atoms with Crippen LogP contribution in [0.5, 0.6) is 0 Å². The predicted octanol–water partition coefficient (Wildman–Crippen LogP) is 2.82. The summed E-state index contributed by atoms with van der Waals surface area (Å²) in [5.74, 6) is -0.802. The van der Waals surface area contributed by atoms with Gasteiger partial charge in [0.15, 0.2) is 6.61 Å². The molecule has 0 aliphatic heterocycles. The largest absolute Gasteiger partial charge is 0.451 e. The highest BCUT2D eigenvalue weighted by Crippen LogP contribution is 2.29. The zero-order valence-electron chi connectivity index (χ0n) is 12.0. The molecule has 0 saturated heterocycles. The number of carbonyl (C=O) groups is 2. The summed E-state index contributed by atoms with van der Waals surface area (Å²) in [7, 11) is 0. The van der Waals surface area contributed by atoms with Gasteiger partial charge in [0, 0.05) is 11.1 Å². The third-order valence-electron chi connectivity index (χ3n) is 3.48. The first-order valence-corrected chi connectivity index (χ1v) is 8.02. The van der Waals surface area contributed by atoms with Gasteiger partial charge in [-0.2, -0.15) is 0 Å². The van der Waals surface area contributed by atoms with Crippen LogP contribution in [0, 0.1) is 0 Å². The van der Waals surface area contributed by atoms with Crippen molar-refractivity contribution in [2.24, 2.45) is 0 Å². The van der Waals surface area contributed by atoms with E-state index < -0.39 is 5.97 Å². The van der Waals surface area contributed by atoms with Gasteiger partial charge in [-0.15, -0.1) is 11.3 Å². The number of hydrogen-bond acceptors (Lipinski definition) is 5. The molecule has 1 amide bonds. The van der Waals surface area contributed by atoms with E-state index in [4.69, 9.17) is 4.74 Å². The minimum Gasteiger partial charge on any atom is -0.451 e. The SMILES string of the molecule is O=C(COC(=O)c1cc2c(s1)CCCC2)Nc1cccnc1. The molecule has 2 heterocycles. The fourth-order valence-corrected chi connectivity index (χ4v) is 3.57. The molecule has 6 heteroatoms. The standard InChI is InChI=1S/C16H16N2O3S/c19-15(18-12-5-3-7-17-9-12)10-21-16(20)14-8-11-4-1-2-6-13(11)22-14/h3,5,7-9H,1-2,4,6,10H2,(H,18,19). The summed E-state index contributed by atoms with van der Waals surface area (Å²) in [6.07, 6.45) is 7.57. The molecule has 5 nitrogen and oxygen atoms in total. The Balaban J connectivity index is 1.53. The van der Waals surface area contributed by atoms with Crippen molar-refractivity contribution in [3.05, 3.63) is 45.9 Å². The molecule has 0 bridgehead atoms. The topological polar surface area (TPSA) is 68.3 Å². The number of anilines is 1. The average Bonchev–Trinajstić information content (AvgIpc) is 2.98. The maximum absolute atomic E-state index is 12.0. The Morgan fingerprint density at radius 3 is 2.95 bits per heavy atom. The lowest BCUT2D eigenvalue weighted by molar-refractivity contribution is -0.119. The number of ether oxygens (including phenoxy) is 1. The molecule has 0 fully saturated rings. The molecule has 22 heavy (non-hydrogen) atoms. The number of nitrogens with one attached hydrogen (secondary N) is 1. The van der Waals surface area contributed by atoms with Crippen molar-refractivity contribution in [1.82, 2.24) is 4.98 Å². The van der Waals surface area contributed by atoms with Crippen LogP contribution in [0.1, 0.15) is 33.0 Å². The number of rotatable bonds is 4. The van der Waals surface area contributed by atoms with Gasteiger partial charge in [0.2, 0.25) is 0 Å². The summed E-state index contributed by atoms with van der Waals surface area (Å²) >= 11 is 1.48. The van der Waals surface area contributed by atoms with E-state index in [1.54, 1.807) is 18.3 Å². The Kier molecular flexibility index (Phi) is 4.48. The molecule has 114 valence electrons. The van der Waals surface area contributed by atoms with Crippen LogP contribution in [0.4, 0.5) is 5.69 Å². The number of aryl methyl sites for hydroxylation is 2. The highest BCUT2D eigenvalue weighted by atomic mass is 32.1. The van der Waals surface area contributed by atoms with E-state index in [1.165, 1.54) is 40.8 Å². The fraction of sp³-hybridized carbons (Fsp3) is 0.312. The predicted molar refractivity (Wildman–Crippen MR) is 84.1 cm³/mol. The molecule has 0 spiro atoms. The van der Waals surface area contributed by atoms with Crippen LogP contribution in [-0.4, -0.2) is 23.5 Å². The number of fused-ring (bicyclic) bond motifs is 1. The minimum atomic E-state index is -0.430. The first-order chi connectivity index (χ1) is 10.7. The summed E-state index contributed by atoms with van der Waals surface area (Å²) in [6.45, 7) is -0.295. The lowest BCUT2D eigenvalue weighted by Crippen LogP contribution is -2.20. The van der Waals surface area contributed by atoms with Crippen LogP contribution in [0.3, 0.4) is 0 Å². The highest BCUT2D eigenvalue weighted by molar-refractivity contribution is 7.14. The van der Waals surface area contributed by atoms with E-state index >= 15 is 0 Å². The molecule has 0 radical (unpaired) electrons. The van der Waals surface area contributed by atoms with E-state index in [1.807, 2.05) is 6.07 Å². The molecular formula is C16H16N2O3S. The number of esters is 1. The molecule has 0 aromatic carbocycles. The second kappa shape index (κ2) is 6.70. The zero-order chi connectivity index (χ0) is 15.4. The number of amides is 1. The number of thiophene rings is 1. The molecule has 1 aliphatic rings. The van der Waals surface area contributed by atoms with Gasteiger partial charge in [0.1, 0.15) is 4.88 Å². The Morgan fingerprint density at radius 1 is 1.32 bits per heavy atom. The zero-order valence-corrected chi connectivity index (χ0v) is 12.8. The molecule has 2 aromatic rings. The van der Waals surface area contributed by atoms with Crippen LogP contribution in [0.2, 0.25) is 0 Å². The van der Waals surface area contributed by atoms with Crippen molar-refractivity contribution in [3.63, 3.8) is 0 Å². The van der Waals surface area contributed by atoms with Crippen LogP contribution in [-0.2, 0) is 22.4 Å². The van der Waals surface area contributed by atoms with Gasteiger partial charge in [0.05, 0.1) is 11.9 Å². The van der Waals surface area contributed by atoms with E-state index in [0.29, 0.717) is 10.6 Å². The van der Waals surface area contributed by atoms with Crippen LogP contribution in [0.25, 0.3) is 0 Å². The molecule has 1 aliphatic carbocycles. The number of hydrogen-bond donors (Lipinski definition) is 1. The Hall–Kier alpha value is -2.21. The summed E-state index contributed by atoms with van der Waals surface area (Å²) < 4.78 is 5.08. The van der Waals surface area contributed by atoms with E-state index in [-0.39, 0.29) is 12.5 Å². The molecule has 1 N–H and O–H groups in total. The van der Waals surface area contributed by atoms with Crippen molar-refractivity contribution >= 4 is 28.9 Å². The van der Waals surface area contributed by atoms with Crippen LogP contribution in [0.15, 0.2) is 30.6 Å². The third-order valence-corrected chi connectivity index (χ3v) is 4.69. The first-order valence-electron chi connectivity index (χ1n) is 7.21. The molecule has 0 saturated carbocycles. The monoisotopic (exact) mass is 316 g/mol. The molecule has 0 atom stereocenters. The number of aromatic nitrogens is 1. The average molecular weight is 316 g/mol. The van der Waals surface area contributed by atoms with Gasteiger partial charge in [-0.05, 0) is 49.4 Å². The second-order valence-corrected chi connectivity index (χ2v) is 6.27. The number of pyridine rings is 1. The van der Waals surface area contributed by atoms with Crippen LogP contribution < -0.4 is 5.32 Å². The van der Waals surface area contributed by atoms with E-state index in [9.17, 15) is 9.59 Å². The summed E-state index contributed by atoms with van der Waals surface area (Å²) in [5, 5.41) is 2.62. The Morgan fingerprint density at radius 2 is 2.18 bits per heavy atom. The maximum Gasteiger partial charge on any atom is 0.348 e. The smallest absolute Gasteiger partial charge is 0.348 e. The number of carbonyl (C=O) groups excluding carboxylic acids is 2. The normalized spacial score (nSPS) is 13.3. The van der Waals surface area contributed by atoms with E-state index in [0.717, 1.165) is 12.8 Å². The van der Waals surface area contributed by atoms with Gasteiger partial charge in [0.25, 0.3) is 5.91 Å². The Labute approximate surface area is 132 Å². The van der Waals surface area contributed by atoms with Crippen molar-refractivity contribution in [2.45, 2.75) is 25.7 Å². The van der Waals surface area contributed by atoms with Crippen molar-refractivity contribution < 1.29 is 14.3 Å². The van der Waals surface area contributed by atoms with E-state index in [2.05, 4.69) is 10.3 Å². The summed E-state index contributed by atoms with van der Waals surface area (Å²) in [5.41, 5.74) is 1.83. The fourth-order valence-electron chi connectivity index (χ4n) is 2.43. The molecule has 0 unspecified atom stereocenters. The quantitative estimate of drug-likeness (QED) is 0.881. The highest BCUT2D eigenvalue weighted by Gasteiger charge is 2.18. The molecule has 2 aromatic heterocycles. The third kappa shape index (κ3) is 3.51.